The van der Waals surface area contributed by atoms with E-state index >= 15 is 0 Å². The fourth-order valence-corrected chi connectivity index (χ4v) is 8.96. The molecule has 44 heavy (non-hydrogen) atoms. The third-order valence-electron chi connectivity index (χ3n) is 11.3. The molecule has 8 unspecified atom stereocenters. The first-order chi connectivity index (χ1) is 21.0. The van der Waals surface area contributed by atoms with E-state index in [4.69, 9.17) is 9.78 Å². The predicted octanol–water partition coefficient (Wildman–Crippen LogP) is 5.19. The van der Waals surface area contributed by atoms with Crippen LogP contribution in [0.4, 0.5) is 11.5 Å². The van der Waals surface area contributed by atoms with E-state index < -0.39 is 34.9 Å². The number of nitrogens with one attached hydrogen (secondary N) is 2. The van der Waals surface area contributed by atoms with Gasteiger partial charge in [-0.1, -0.05) is 37.6 Å². The zero-order valence-corrected chi connectivity index (χ0v) is 25.9. The van der Waals surface area contributed by atoms with Crippen LogP contribution in [0.1, 0.15) is 64.5 Å². The van der Waals surface area contributed by atoms with Gasteiger partial charge in [0.1, 0.15) is 12.4 Å². The number of carbonyl (C=O) groups excluding carboxylic acids is 2. The van der Waals surface area contributed by atoms with E-state index in [1.807, 2.05) is 32.2 Å². The van der Waals surface area contributed by atoms with E-state index in [2.05, 4.69) is 41.6 Å². The number of anilines is 2. The standard InChI is InChI=1S/C35H43N3O6/c1-21(22-5-8-24(36-4)9-6-22)38-31-12-10-26(19-37-31)43-44-35(30(42)20-39)16-14-28-27-11-7-23-17-25(40)13-15-33(23,2)32(27)29(41)18-34(28,35)3/h5-6,8-10,12-13,15,17,19,21,27-29,32,36,39,41H,7,11,14,16,18,20H2,1-4H3,(H,37,38). The molecular formula is C35H43N3O6. The molecule has 0 amide bonds. The van der Waals surface area contributed by atoms with Crippen LogP contribution in [0.2, 0.25) is 0 Å². The highest BCUT2D eigenvalue weighted by Crippen LogP contribution is 2.67. The van der Waals surface area contributed by atoms with Crippen molar-refractivity contribution in [2.24, 2.45) is 28.6 Å². The molecule has 3 fully saturated rings. The van der Waals surface area contributed by atoms with Crippen LogP contribution in [0.15, 0.2) is 66.4 Å². The lowest BCUT2D eigenvalue weighted by molar-refractivity contribution is -0.317. The second-order valence-corrected chi connectivity index (χ2v) is 13.4. The molecule has 1 heterocycles. The maximum absolute atomic E-state index is 13.5. The Morgan fingerprint density at radius 3 is 2.61 bits per heavy atom. The summed E-state index contributed by atoms with van der Waals surface area (Å²) in [6, 6.07) is 11.7. The van der Waals surface area contributed by atoms with Crippen LogP contribution in [-0.2, 0) is 14.5 Å². The second-order valence-electron chi connectivity index (χ2n) is 13.4. The lowest BCUT2D eigenvalue weighted by atomic mass is 9.46. The normalized spacial score (nSPS) is 34.7. The number of pyridine rings is 1. The summed E-state index contributed by atoms with van der Waals surface area (Å²) in [4.78, 5) is 42.1. The van der Waals surface area contributed by atoms with Crippen LogP contribution in [0.5, 0.6) is 5.75 Å². The van der Waals surface area contributed by atoms with Crippen molar-refractivity contribution in [3.05, 3.63) is 72.0 Å². The molecule has 0 aliphatic heterocycles. The number of aliphatic hydroxyl groups is 2. The number of hydrogen-bond acceptors (Lipinski definition) is 9. The average molecular weight is 602 g/mol. The van der Waals surface area contributed by atoms with E-state index in [1.54, 1.807) is 30.5 Å². The van der Waals surface area contributed by atoms with Crippen LogP contribution in [0.25, 0.3) is 0 Å². The van der Waals surface area contributed by atoms with Crippen LogP contribution in [0.3, 0.4) is 0 Å². The quantitative estimate of drug-likeness (QED) is 0.227. The van der Waals surface area contributed by atoms with Gasteiger partial charge >= 0.3 is 0 Å². The van der Waals surface area contributed by atoms with Crippen molar-refractivity contribution in [1.82, 2.24) is 4.98 Å². The van der Waals surface area contributed by atoms with Crippen molar-refractivity contribution in [2.45, 2.75) is 70.6 Å². The number of carbonyl (C=O) groups is 2. The molecule has 234 valence electrons. The highest BCUT2D eigenvalue weighted by Gasteiger charge is 2.70. The van der Waals surface area contributed by atoms with Crippen molar-refractivity contribution >= 4 is 23.1 Å². The average Bonchev–Trinajstić information content (AvgIpc) is 3.32. The monoisotopic (exact) mass is 601 g/mol. The van der Waals surface area contributed by atoms with Crippen molar-refractivity contribution in [2.75, 3.05) is 24.3 Å². The highest BCUT2D eigenvalue weighted by molar-refractivity contribution is 6.01. The van der Waals surface area contributed by atoms with Gasteiger partial charge in [-0.2, -0.15) is 4.89 Å². The molecule has 4 aliphatic rings. The number of aliphatic hydroxyl groups excluding tert-OH is 2. The molecule has 9 nitrogen and oxygen atoms in total. The zero-order valence-electron chi connectivity index (χ0n) is 25.9. The number of nitrogens with zero attached hydrogens (tertiary/aromatic N) is 1. The van der Waals surface area contributed by atoms with Gasteiger partial charge < -0.3 is 25.7 Å². The molecule has 3 saturated carbocycles. The van der Waals surface area contributed by atoms with Gasteiger partial charge in [0.05, 0.1) is 12.3 Å². The molecule has 0 radical (unpaired) electrons. The largest absolute Gasteiger partial charge is 0.393 e. The Balaban J connectivity index is 1.19. The van der Waals surface area contributed by atoms with Crippen LogP contribution in [-0.4, -0.2) is 52.1 Å². The zero-order chi connectivity index (χ0) is 31.3. The fraction of sp³-hybridized carbons (Fsp3) is 0.514. The predicted molar refractivity (Wildman–Crippen MR) is 167 cm³/mol. The molecule has 2 aromatic rings. The summed E-state index contributed by atoms with van der Waals surface area (Å²) in [7, 11) is 1.89. The number of benzene rings is 1. The summed E-state index contributed by atoms with van der Waals surface area (Å²) in [5.74, 6) is 0.692. The Bertz CT molecular complexity index is 1470. The number of aromatic nitrogens is 1. The number of hydrogen-bond donors (Lipinski definition) is 4. The summed E-state index contributed by atoms with van der Waals surface area (Å²) < 4.78 is 0. The smallest absolute Gasteiger partial charge is 0.194 e. The van der Waals surface area contributed by atoms with Crippen molar-refractivity contribution < 1.29 is 29.6 Å². The maximum Gasteiger partial charge on any atom is 0.194 e. The number of allylic oxidation sites excluding steroid dienone is 4. The maximum atomic E-state index is 13.5. The molecule has 4 aliphatic carbocycles. The Hall–Kier alpha value is -3.53. The van der Waals surface area contributed by atoms with E-state index in [-0.39, 0.29) is 29.6 Å². The summed E-state index contributed by atoms with van der Waals surface area (Å²) in [6.07, 6.45) is 9.18. The first-order valence-corrected chi connectivity index (χ1v) is 15.7. The minimum absolute atomic E-state index is 0.00248. The molecule has 0 bridgehead atoms. The lowest BCUT2D eigenvalue weighted by Crippen LogP contribution is -2.62. The molecule has 1 aromatic carbocycles. The molecule has 0 saturated heterocycles. The van der Waals surface area contributed by atoms with Gasteiger partial charge in [-0.3, -0.25) is 9.59 Å². The fourth-order valence-electron chi connectivity index (χ4n) is 8.96. The first kappa shape index (κ1) is 30.5. The molecular weight excluding hydrogens is 558 g/mol. The molecule has 4 N–H and O–H groups in total. The van der Waals surface area contributed by atoms with Crippen molar-refractivity contribution in [3.8, 4) is 5.75 Å². The Labute approximate surface area is 258 Å². The van der Waals surface area contributed by atoms with Gasteiger partial charge in [0.25, 0.3) is 0 Å². The van der Waals surface area contributed by atoms with Gasteiger partial charge in [-0.15, -0.1) is 0 Å². The van der Waals surface area contributed by atoms with Gasteiger partial charge in [0, 0.05) is 35.5 Å². The van der Waals surface area contributed by atoms with Crippen LogP contribution in [0, 0.1) is 28.6 Å². The number of ketones is 2. The number of Topliss-reactive ketones (excluding diaryl/α,β-unsaturated/α-hetero) is 1. The summed E-state index contributed by atoms with van der Waals surface area (Å²) in [5, 5.41) is 28.3. The summed E-state index contributed by atoms with van der Waals surface area (Å²) in [5.41, 5.74) is 0.658. The number of rotatable bonds is 9. The third-order valence-corrected chi connectivity index (χ3v) is 11.3. The number of fused-ring (bicyclic) bond motifs is 5. The first-order valence-electron chi connectivity index (χ1n) is 15.7. The topological polar surface area (TPSA) is 130 Å². The third kappa shape index (κ3) is 4.86. The Morgan fingerprint density at radius 1 is 1.16 bits per heavy atom. The molecule has 1 aromatic heterocycles. The molecule has 0 spiro atoms. The second kappa shape index (κ2) is 11.4. The minimum atomic E-state index is -1.42. The van der Waals surface area contributed by atoms with Crippen molar-refractivity contribution in [1.29, 1.82) is 0 Å². The van der Waals surface area contributed by atoms with Gasteiger partial charge in [0.2, 0.25) is 0 Å². The lowest BCUT2D eigenvalue weighted by Gasteiger charge is -2.59. The minimum Gasteiger partial charge on any atom is -0.393 e. The Kier molecular flexibility index (Phi) is 7.93. The van der Waals surface area contributed by atoms with E-state index in [0.717, 1.165) is 29.7 Å². The van der Waals surface area contributed by atoms with Crippen LogP contribution >= 0.6 is 0 Å². The van der Waals surface area contributed by atoms with Gasteiger partial charge in [-0.05, 0) is 92.8 Å². The van der Waals surface area contributed by atoms with Crippen LogP contribution < -0.4 is 15.5 Å². The molecule has 6 rings (SSSR count). The molecule has 8 atom stereocenters. The van der Waals surface area contributed by atoms with Crippen molar-refractivity contribution in [3.63, 3.8) is 0 Å². The summed E-state index contributed by atoms with van der Waals surface area (Å²) >= 11 is 0. The highest BCUT2D eigenvalue weighted by atomic mass is 17.2. The summed E-state index contributed by atoms with van der Waals surface area (Å²) in [6.45, 7) is 5.50. The van der Waals surface area contributed by atoms with E-state index in [1.165, 1.54) is 0 Å². The Morgan fingerprint density at radius 2 is 1.93 bits per heavy atom. The van der Waals surface area contributed by atoms with Gasteiger partial charge in [0.15, 0.2) is 22.9 Å². The SMILES string of the molecule is CNc1ccc(C(C)Nc2ccc(OOC3(C(=O)CO)CCC4C5CCC6=CC(=O)C=CC6(C)C5C(O)CC43C)cn2)cc1. The molecule has 9 heteroatoms. The van der Waals surface area contributed by atoms with E-state index in [9.17, 15) is 19.8 Å². The van der Waals surface area contributed by atoms with E-state index in [0.29, 0.717) is 30.8 Å². The van der Waals surface area contributed by atoms with Gasteiger partial charge in [-0.25, -0.2) is 4.98 Å².